The van der Waals surface area contributed by atoms with Crippen molar-refractivity contribution in [2.24, 2.45) is 0 Å². The predicted molar refractivity (Wildman–Crippen MR) is 58.2 cm³/mol. The molecule has 14 heavy (non-hydrogen) atoms. The van der Waals surface area contributed by atoms with Crippen molar-refractivity contribution in [1.82, 2.24) is 10.2 Å². The zero-order chi connectivity index (χ0) is 10.6. The largest absolute Gasteiger partial charge is 0.316 e. The Bertz CT molecular complexity index is 284. The third-order valence-corrected chi connectivity index (χ3v) is 3.92. The van der Waals surface area contributed by atoms with Crippen molar-refractivity contribution < 1.29 is 8.42 Å². The summed E-state index contributed by atoms with van der Waals surface area (Å²) in [6.07, 6.45) is 0. The first-order chi connectivity index (χ1) is 6.53. The summed E-state index contributed by atoms with van der Waals surface area (Å²) in [5.41, 5.74) is 1.10. The van der Waals surface area contributed by atoms with Crippen LogP contribution < -0.4 is 5.32 Å². The Kier molecular flexibility index (Phi) is 4.10. The fourth-order valence-corrected chi connectivity index (χ4v) is 2.81. The van der Waals surface area contributed by atoms with Crippen LogP contribution in [0.25, 0.3) is 0 Å². The van der Waals surface area contributed by atoms with E-state index in [0.717, 1.165) is 18.7 Å². The van der Waals surface area contributed by atoms with Gasteiger partial charge in [-0.15, -0.1) is 0 Å². The van der Waals surface area contributed by atoms with Crippen molar-refractivity contribution in [3.8, 4) is 0 Å². The summed E-state index contributed by atoms with van der Waals surface area (Å²) in [4.78, 5) is 2.14. The second kappa shape index (κ2) is 4.91. The number of rotatable bonds is 4. The highest BCUT2D eigenvalue weighted by molar-refractivity contribution is 7.91. The molecule has 0 amide bonds. The van der Waals surface area contributed by atoms with Crippen molar-refractivity contribution >= 4 is 9.84 Å². The quantitative estimate of drug-likeness (QED) is 0.646. The molecule has 5 heteroatoms. The standard InChI is InChI=1S/C9H18N2O2S/c1-9(7-10-2)8-11-3-5-14(12,13)6-4-11/h10H,1,3-8H2,2H3. The number of nitrogens with one attached hydrogen (secondary N) is 1. The van der Waals surface area contributed by atoms with Gasteiger partial charge in [-0.05, 0) is 12.6 Å². The normalized spacial score (nSPS) is 22.1. The monoisotopic (exact) mass is 218 g/mol. The Morgan fingerprint density at radius 3 is 2.50 bits per heavy atom. The van der Waals surface area contributed by atoms with Gasteiger partial charge in [0.1, 0.15) is 0 Å². The minimum atomic E-state index is -2.75. The molecule has 1 aliphatic rings. The van der Waals surface area contributed by atoms with Crippen LogP contribution in [0.3, 0.4) is 0 Å². The molecule has 4 nitrogen and oxygen atoms in total. The van der Waals surface area contributed by atoms with Gasteiger partial charge in [0.25, 0.3) is 0 Å². The highest BCUT2D eigenvalue weighted by Crippen LogP contribution is 2.05. The Labute approximate surface area is 85.9 Å². The van der Waals surface area contributed by atoms with Crippen LogP contribution in [0, 0.1) is 0 Å². The molecule has 82 valence electrons. The van der Waals surface area contributed by atoms with Gasteiger partial charge in [0, 0.05) is 26.2 Å². The van der Waals surface area contributed by atoms with E-state index in [1.54, 1.807) is 0 Å². The van der Waals surface area contributed by atoms with Crippen molar-refractivity contribution in [2.75, 3.05) is 44.7 Å². The highest BCUT2D eigenvalue weighted by atomic mass is 32.2. The van der Waals surface area contributed by atoms with E-state index in [0.29, 0.717) is 24.6 Å². The summed E-state index contributed by atoms with van der Waals surface area (Å²) < 4.78 is 22.3. The fraction of sp³-hybridized carbons (Fsp3) is 0.778. The van der Waals surface area contributed by atoms with E-state index in [4.69, 9.17) is 0 Å². The predicted octanol–water partition coefficient (Wildman–Crippen LogP) is -0.508. The summed E-state index contributed by atoms with van der Waals surface area (Å²) in [5, 5.41) is 3.03. The van der Waals surface area contributed by atoms with Crippen molar-refractivity contribution in [3.05, 3.63) is 12.2 Å². The molecular formula is C9H18N2O2S. The summed E-state index contributed by atoms with van der Waals surface area (Å²) in [6.45, 7) is 6.81. The molecule has 1 fully saturated rings. The highest BCUT2D eigenvalue weighted by Gasteiger charge is 2.21. The van der Waals surface area contributed by atoms with Crippen LogP contribution in [0.2, 0.25) is 0 Å². The third kappa shape index (κ3) is 3.77. The number of hydrogen-bond donors (Lipinski definition) is 1. The molecule has 0 aromatic carbocycles. The number of likely N-dealkylation sites (N-methyl/N-ethyl adjacent to an activating group) is 1. The maximum absolute atomic E-state index is 11.1. The Morgan fingerprint density at radius 2 is 2.00 bits per heavy atom. The summed E-state index contributed by atoms with van der Waals surface area (Å²) in [7, 11) is -0.870. The van der Waals surface area contributed by atoms with Gasteiger partial charge in [0.05, 0.1) is 11.5 Å². The summed E-state index contributed by atoms with van der Waals surface area (Å²) in [5.74, 6) is 0.583. The van der Waals surface area contributed by atoms with Gasteiger partial charge in [0.15, 0.2) is 9.84 Å². The van der Waals surface area contributed by atoms with E-state index in [9.17, 15) is 8.42 Å². The first kappa shape index (κ1) is 11.7. The summed E-state index contributed by atoms with van der Waals surface area (Å²) in [6, 6.07) is 0. The average molecular weight is 218 g/mol. The summed E-state index contributed by atoms with van der Waals surface area (Å²) >= 11 is 0. The van der Waals surface area contributed by atoms with E-state index in [1.165, 1.54) is 0 Å². The lowest BCUT2D eigenvalue weighted by molar-refractivity contribution is 0.318. The lowest BCUT2D eigenvalue weighted by Crippen LogP contribution is -2.41. The zero-order valence-electron chi connectivity index (χ0n) is 8.62. The van der Waals surface area contributed by atoms with Gasteiger partial charge in [-0.25, -0.2) is 8.42 Å². The SMILES string of the molecule is C=C(CNC)CN1CCS(=O)(=O)CC1. The number of nitrogens with zero attached hydrogens (tertiary/aromatic N) is 1. The molecule has 0 aromatic rings. The lowest BCUT2D eigenvalue weighted by atomic mass is 10.3. The average Bonchev–Trinajstić information content (AvgIpc) is 2.09. The van der Waals surface area contributed by atoms with Crippen LogP contribution in [0.5, 0.6) is 0 Å². The molecule has 0 atom stereocenters. The molecule has 0 radical (unpaired) electrons. The van der Waals surface area contributed by atoms with Gasteiger partial charge in [0.2, 0.25) is 0 Å². The molecule has 1 aliphatic heterocycles. The van der Waals surface area contributed by atoms with Crippen LogP contribution in [-0.2, 0) is 9.84 Å². The van der Waals surface area contributed by atoms with Crippen LogP contribution >= 0.6 is 0 Å². The van der Waals surface area contributed by atoms with Gasteiger partial charge >= 0.3 is 0 Å². The van der Waals surface area contributed by atoms with Gasteiger partial charge in [-0.2, -0.15) is 0 Å². The minimum absolute atomic E-state index is 0.292. The Morgan fingerprint density at radius 1 is 1.43 bits per heavy atom. The molecule has 0 unspecified atom stereocenters. The molecule has 1 rings (SSSR count). The third-order valence-electron chi connectivity index (χ3n) is 2.31. The lowest BCUT2D eigenvalue weighted by Gasteiger charge is -2.27. The molecule has 1 N–H and O–H groups in total. The second-order valence-corrected chi connectivity index (χ2v) is 6.01. The van der Waals surface area contributed by atoms with Crippen LogP contribution in [0.15, 0.2) is 12.2 Å². The van der Waals surface area contributed by atoms with Crippen molar-refractivity contribution in [1.29, 1.82) is 0 Å². The van der Waals surface area contributed by atoms with Gasteiger partial charge in [-0.3, -0.25) is 4.90 Å². The molecular weight excluding hydrogens is 200 g/mol. The Balaban J connectivity index is 2.32. The number of sulfone groups is 1. The molecule has 0 bridgehead atoms. The maximum Gasteiger partial charge on any atom is 0.152 e. The van der Waals surface area contributed by atoms with Gasteiger partial charge < -0.3 is 5.32 Å². The molecule has 0 spiro atoms. The van der Waals surface area contributed by atoms with Crippen LogP contribution in [0.1, 0.15) is 0 Å². The zero-order valence-corrected chi connectivity index (χ0v) is 9.44. The van der Waals surface area contributed by atoms with E-state index >= 15 is 0 Å². The van der Waals surface area contributed by atoms with Crippen LogP contribution in [0.4, 0.5) is 0 Å². The molecule has 0 saturated carbocycles. The van der Waals surface area contributed by atoms with Crippen molar-refractivity contribution in [3.63, 3.8) is 0 Å². The second-order valence-electron chi connectivity index (χ2n) is 3.71. The molecule has 0 aliphatic carbocycles. The molecule has 1 heterocycles. The smallest absolute Gasteiger partial charge is 0.152 e. The first-order valence-electron chi connectivity index (χ1n) is 4.77. The molecule has 0 aromatic heterocycles. The van der Waals surface area contributed by atoms with Gasteiger partial charge in [-0.1, -0.05) is 6.58 Å². The first-order valence-corrected chi connectivity index (χ1v) is 6.59. The minimum Gasteiger partial charge on any atom is -0.316 e. The van der Waals surface area contributed by atoms with Crippen LogP contribution in [-0.4, -0.2) is 58.1 Å². The van der Waals surface area contributed by atoms with E-state index in [2.05, 4.69) is 16.8 Å². The van der Waals surface area contributed by atoms with E-state index in [-0.39, 0.29) is 0 Å². The van der Waals surface area contributed by atoms with Crippen molar-refractivity contribution in [2.45, 2.75) is 0 Å². The van der Waals surface area contributed by atoms with E-state index in [1.807, 2.05) is 7.05 Å². The fourth-order valence-electron chi connectivity index (χ4n) is 1.53. The van der Waals surface area contributed by atoms with E-state index < -0.39 is 9.84 Å². The molecule has 1 saturated heterocycles. The maximum atomic E-state index is 11.1. The Hall–Kier alpha value is -0.390. The number of hydrogen-bond acceptors (Lipinski definition) is 4. The topological polar surface area (TPSA) is 49.4 Å².